The molecule has 206 valence electrons. The van der Waals surface area contributed by atoms with Crippen molar-refractivity contribution in [2.24, 2.45) is 5.92 Å². The molecule has 0 N–H and O–H groups in total. The number of hydrogen-bond acceptors (Lipinski definition) is 4. The van der Waals surface area contributed by atoms with Crippen LogP contribution < -0.4 is 4.90 Å². The van der Waals surface area contributed by atoms with Gasteiger partial charge in [-0.05, 0) is 48.6 Å². The maximum absolute atomic E-state index is 14.4. The molecule has 0 unspecified atom stereocenters. The van der Waals surface area contributed by atoms with E-state index in [9.17, 15) is 14.0 Å². The third-order valence-electron chi connectivity index (χ3n) is 7.46. The number of amides is 2. The van der Waals surface area contributed by atoms with Crippen molar-refractivity contribution in [3.63, 3.8) is 0 Å². The summed E-state index contributed by atoms with van der Waals surface area (Å²) in [5, 5.41) is 5.17. The minimum absolute atomic E-state index is 0.0837. The molecule has 0 saturated carbocycles. The van der Waals surface area contributed by atoms with E-state index < -0.39 is 5.41 Å². The van der Waals surface area contributed by atoms with E-state index in [1.807, 2.05) is 29.2 Å². The van der Waals surface area contributed by atoms with Crippen LogP contribution in [0.1, 0.15) is 62.6 Å². The van der Waals surface area contributed by atoms with E-state index in [-0.39, 0.29) is 35.2 Å². The summed E-state index contributed by atoms with van der Waals surface area (Å²) in [6.45, 7) is 9.69. The first-order valence-corrected chi connectivity index (χ1v) is 14.8. The molecule has 1 atom stereocenters. The lowest BCUT2D eigenvalue weighted by molar-refractivity contribution is -0.132. The predicted molar refractivity (Wildman–Crippen MR) is 155 cm³/mol. The molecule has 2 amide bonds. The number of nitrogens with zero attached hydrogens (tertiary/aromatic N) is 4. The van der Waals surface area contributed by atoms with Crippen LogP contribution in [0, 0.1) is 11.7 Å². The number of rotatable bonds is 4. The summed E-state index contributed by atoms with van der Waals surface area (Å²) in [6.07, 6.45) is 1.91. The normalized spacial score (nSPS) is 18.7. The quantitative estimate of drug-likeness (QED) is 0.366. The number of anilines is 1. The molecule has 39 heavy (non-hydrogen) atoms. The van der Waals surface area contributed by atoms with E-state index in [0.29, 0.717) is 35.5 Å². The van der Waals surface area contributed by atoms with Gasteiger partial charge in [-0.1, -0.05) is 63.6 Å². The highest BCUT2D eigenvalue weighted by molar-refractivity contribution is 8.00. The molecule has 2 aromatic carbocycles. The Morgan fingerprint density at radius 1 is 1.13 bits per heavy atom. The minimum Gasteiger partial charge on any atom is -0.341 e. The highest BCUT2D eigenvalue weighted by Gasteiger charge is 2.40. The zero-order chi connectivity index (χ0) is 27.9. The molecule has 6 nitrogen and oxygen atoms in total. The fourth-order valence-corrected chi connectivity index (χ4v) is 6.69. The van der Waals surface area contributed by atoms with Gasteiger partial charge in [0.25, 0.3) is 0 Å². The van der Waals surface area contributed by atoms with Gasteiger partial charge in [-0.2, -0.15) is 5.10 Å². The molecule has 0 bridgehead atoms. The van der Waals surface area contributed by atoms with Crippen molar-refractivity contribution in [1.82, 2.24) is 14.7 Å². The second-order valence-corrected chi connectivity index (χ2v) is 13.0. The van der Waals surface area contributed by atoms with Crippen molar-refractivity contribution < 1.29 is 14.0 Å². The number of halogens is 2. The average Bonchev–Trinajstić information content (AvgIpc) is 3.22. The molecular weight excluding hydrogens is 535 g/mol. The van der Waals surface area contributed by atoms with E-state index >= 15 is 0 Å². The molecule has 0 spiro atoms. The van der Waals surface area contributed by atoms with Crippen LogP contribution in [-0.4, -0.2) is 51.9 Å². The number of thioether (sulfide) groups is 1. The molecule has 9 heteroatoms. The number of piperidine rings is 1. The zero-order valence-corrected chi connectivity index (χ0v) is 24.4. The fraction of sp³-hybridized carbons (Fsp3) is 0.433. The van der Waals surface area contributed by atoms with Crippen LogP contribution in [0.2, 0.25) is 5.02 Å². The largest absolute Gasteiger partial charge is 0.341 e. The molecular formula is C30H34ClFN4O2S. The first-order valence-electron chi connectivity index (χ1n) is 13.4. The number of fused-ring (bicyclic) bond motifs is 1. The van der Waals surface area contributed by atoms with E-state index in [1.54, 1.807) is 21.7 Å². The van der Waals surface area contributed by atoms with Crippen molar-refractivity contribution in [3.05, 3.63) is 76.2 Å². The second-order valence-electron chi connectivity index (χ2n) is 11.5. The monoisotopic (exact) mass is 568 g/mol. The predicted octanol–water partition coefficient (Wildman–Crippen LogP) is 6.39. The Morgan fingerprint density at radius 2 is 1.85 bits per heavy atom. The first kappa shape index (κ1) is 27.7. The summed E-state index contributed by atoms with van der Waals surface area (Å²) in [5.74, 6) is 0.641. The Bertz CT molecular complexity index is 1390. The van der Waals surface area contributed by atoms with Crippen LogP contribution in [0.4, 0.5) is 10.2 Å². The summed E-state index contributed by atoms with van der Waals surface area (Å²) < 4.78 is 16.1. The number of carbonyl (C=O) groups is 2. The number of para-hydroxylation sites is 1. The van der Waals surface area contributed by atoms with E-state index in [0.717, 1.165) is 29.7 Å². The highest BCUT2D eigenvalue weighted by Crippen LogP contribution is 2.48. The minimum atomic E-state index is -0.408. The molecule has 3 heterocycles. The summed E-state index contributed by atoms with van der Waals surface area (Å²) in [7, 11) is 0. The van der Waals surface area contributed by atoms with Gasteiger partial charge in [0, 0.05) is 24.1 Å². The zero-order valence-electron chi connectivity index (χ0n) is 22.8. The van der Waals surface area contributed by atoms with Crippen molar-refractivity contribution in [2.45, 2.75) is 51.2 Å². The number of aromatic nitrogens is 2. The van der Waals surface area contributed by atoms with Crippen molar-refractivity contribution >= 4 is 41.0 Å². The lowest BCUT2D eigenvalue weighted by Crippen LogP contribution is -2.46. The number of carbonyl (C=O) groups excluding carboxylic acids is 2. The third kappa shape index (κ3) is 5.59. The van der Waals surface area contributed by atoms with Crippen LogP contribution in [0.25, 0.3) is 5.69 Å². The standard InChI is InChI=1S/C30H34ClFN4O2S/c1-19-12-14-34(15-13-19)24(37)17-35-25(38)18-39-27(20-8-7-9-21(32)16-20)26-28(30(2,3)4)33-36(29(26)35)23-11-6-5-10-22(23)31/h5-11,16,19,27H,12-15,17-18H2,1-4H3/t27-/m0/s1. The van der Waals surface area contributed by atoms with Crippen LogP contribution in [0.5, 0.6) is 0 Å². The van der Waals surface area contributed by atoms with Crippen LogP contribution in [0.3, 0.4) is 0 Å². The molecule has 2 aliphatic rings. The lowest BCUT2D eigenvalue weighted by Gasteiger charge is -2.32. The van der Waals surface area contributed by atoms with Crippen molar-refractivity contribution in [1.29, 1.82) is 0 Å². The molecule has 0 aliphatic carbocycles. The second kappa shape index (κ2) is 11.0. The maximum Gasteiger partial charge on any atom is 0.242 e. The number of likely N-dealkylation sites (tertiary alicyclic amines) is 1. The van der Waals surface area contributed by atoms with Gasteiger partial charge in [-0.15, -0.1) is 11.8 Å². The van der Waals surface area contributed by atoms with Gasteiger partial charge in [0.2, 0.25) is 11.8 Å². The Labute approximate surface area is 238 Å². The topological polar surface area (TPSA) is 58.4 Å². The first-order chi connectivity index (χ1) is 18.5. The summed E-state index contributed by atoms with van der Waals surface area (Å²) in [6, 6.07) is 13.8. The van der Waals surface area contributed by atoms with Crippen molar-refractivity contribution in [3.8, 4) is 5.69 Å². The lowest BCUT2D eigenvalue weighted by atomic mass is 9.87. The Kier molecular flexibility index (Phi) is 7.80. The van der Waals surface area contributed by atoms with Crippen LogP contribution in [-0.2, 0) is 15.0 Å². The van der Waals surface area contributed by atoms with Crippen LogP contribution >= 0.6 is 23.4 Å². The Balaban J connectivity index is 1.72. The Morgan fingerprint density at radius 3 is 2.51 bits per heavy atom. The molecule has 1 aromatic heterocycles. The molecule has 2 aliphatic heterocycles. The van der Waals surface area contributed by atoms with E-state index in [1.165, 1.54) is 23.9 Å². The van der Waals surface area contributed by atoms with E-state index in [2.05, 4.69) is 27.7 Å². The summed E-state index contributed by atoms with van der Waals surface area (Å²) in [5.41, 5.74) is 2.54. The van der Waals surface area contributed by atoms with Crippen molar-refractivity contribution in [2.75, 3.05) is 30.3 Å². The third-order valence-corrected chi connectivity index (χ3v) is 9.04. The van der Waals surface area contributed by atoms with Gasteiger partial charge in [-0.3, -0.25) is 14.5 Å². The fourth-order valence-electron chi connectivity index (χ4n) is 5.29. The molecule has 3 aromatic rings. The van der Waals surface area contributed by atoms with Gasteiger partial charge in [0.05, 0.1) is 27.4 Å². The van der Waals surface area contributed by atoms with Gasteiger partial charge < -0.3 is 4.90 Å². The molecule has 0 radical (unpaired) electrons. The smallest absolute Gasteiger partial charge is 0.242 e. The molecule has 1 fully saturated rings. The average molecular weight is 569 g/mol. The summed E-state index contributed by atoms with van der Waals surface area (Å²) >= 11 is 8.11. The maximum atomic E-state index is 14.4. The van der Waals surface area contributed by atoms with Gasteiger partial charge in [-0.25, -0.2) is 9.07 Å². The molecule has 5 rings (SSSR count). The Hall–Kier alpha value is -2.84. The van der Waals surface area contributed by atoms with Crippen LogP contribution in [0.15, 0.2) is 48.5 Å². The van der Waals surface area contributed by atoms with Gasteiger partial charge in [0.1, 0.15) is 18.2 Å². The number of benzene rings is 2. The van der Waals surface area contributed by atoms with E-state index in [4.69, 9.17) is 16.7 Å². The summed E-state index contributed by atoms with van der Waals surface area (Å²) in [4.78, 5) is 30.8. The number of hydrogen-bond donors (Lipinski definition) is 0. The van der Waals surface area contributed by atoms with Gasteiger partial charge >= 0.3 is 0 Å². The SMILES string of the molecule is CC1CCN(C(=O)CN2C(=O)CS[C@@H](c3cccc(F)c3)c3c(C(C)(C)C)nn(-c4ccccc4Cl)c32)CC1. The molecule has 1 saturated heterocycles. The highest BCUT2D eigenvalue weighted by atomic mass is 35.5. The van der Waals surface area contributed by atoms with Gasteiger partial charge in [0.15, 0.2) is 0 Å².